The van der Waals surface area contributed by atoms with Gasteiger partial charge in [-0.3, -0.25) is 4.79 Å². The maximum absolute atomic E-state index is 10.7. The molecule has 2 N–H and O–H groups in total. The van der Waals surface area contributed by atoms with E-state index in [-0.39, 0.29) is 0 Å². The predicted octanol–water partition coefficient (Wildman–Crippen LogP) is 2.79. The Balaban J connectivity index is 2.32. The molecule has 3 nitrogen and oxygen atoms in total. The average Bonchev–Trinajstić information content (AvgIpc) is 2.62. The van der Waals surface area contributed by atoms with E-state index in [0.717, 1.165) is 15.8 Å². The lowest BCUT2D eigenvalue weighted by Gasteiger charge is -2.08. The molecule has 1 aromatic heterocycles. The fourth-order valence-corrected chi connectivity index (χ4v) is 2.37. The third-order valence-corrected chi connectivity index (χ3v) is 3.17. The van der Waals surface area contributed by atoms with Gasteiger partial charge in [-0.05, 0) is 12.3 Å². The molecule has 1 unspecified atom stereocenters. The number of benzene rings is 1. The summed E-state index contributed by atoms with van der Waals surface area (Å²) in [6, 6.07) is 7.36. The number of anilines is 1. The third-order valence-electron chi connectivity index (χ3n) is 2.23. The first-order valence-corrected chi connectivity index (χ1v) is 5.52. The van der Waals surface area contributed by atoms with Crippen molar-refractivity contribution in [2.75, 3.05) is 5.32 Å². The summed E-state index contributed by atoms with van der Waals surface area (Å²) in [6.07, 6.45) is 0. The molecule has 0 aliphatic rings. The monoisotopic (exact) mass is 221 g/mol. The van der Waals surface area contributed by atoms with E-state index < -0.39 is 12.0 Å². The number of hydrogen-bond acceptors (Lipinski definition) is 3. The van der Waals surface area contributed by atoms with Gasteiger partial charge in [0.25, 0.3) is 0 Å². The van der Waals surface area contributed by atoms with Crippen LogP contribution in [0.3, 0.4) is 0 Å². The molecule has 0 saturated heterocycles. The molecule has 1 atom stereocenters. The summed E-state index contributed by atoms with van der Waals surface area (Å²) >= 11 is 1.53. The van der Waals surface area contributed by atoms with Gasteiger partial charge in [0.1, 0.15) is 6.04 Å². The van der Waals surface area contributed by atoms with Crippen molar-refractivity contribution in [1.29, 1.82) is 0 Å². The molecule has 2 aromatic rings. The van der Waals surface area contributed by atoms with E-state index in [1.807, 2.05) is 29.6 Å². The molecule has 15 heavy (non-hydrogen) atoms. The molecule has 78 valence electrons. The first-order valence-electron chi connectivity index (χ1n) is 4.64. The van der Waals surface area contributed by atoms with E-state index in [9.17, 15) is 4.79 Å². The van der Waals surface area contributed by atoms with Crippen molar-refractivity contribution in [1.82, 2.24) is 0 Å². The molecule has 0 bridgehead atoms. The van der Waals surface area contributed by atoms with E-state index in [1.54, 1.807) is 6.92 Å². The maximum Gasteiger partial charge on any atom is 0.325 e. The first kappa shape index (κ1) is 9.98. The van der Waals surface area contributed by atoms with Crippen molar-refractivity contribution in [3.05, 3.63) is 29.6 Å². The quantitative estimate of drug-likeness (QED) is 0.837. The van der Waals surface area contributed by atoms with Gasteiger partial charge in [0.15, 0.2) is 0 Å². The zero-order valence-corrected chi connectivity index (χ0v) is 9.04. The summed E-state index contributed by atoms with van der Waals surface area (Å²) in [7, 11) is 0. The number of carbonyl (C=O) groups is 1. The Morgan fingerprint density at radius 2 is 2.20 bits per heavy atom. The third kappa shape index (κ3) is 1.94. The molecule has 1 heterocycles. The molecule has 2 rings (SSSR count). The largest absolute Gasteiger partial charge is 0.480 e. The summed E-state index contributed by atoms with van der Waals surface area (Å²) in [5.41, 5.74) is 0. The number of carboxylic acids is 1. The lowest BCUT2D eigenvalue weighted by atomic mass is 10.2. The summed E-state index contributed by atoms with van der Waals surface area (Å²) in [6.45, 7) is 1.64. The highest BCUT2D eigenvalue weighted by Crippen LogP contribution is 2.30. The van der Waals surface area contributed by atoms with Crippen LogP contribution in [0.15, 0.2) is 29.6 Å². The van der Waals surface area contributed by atoms with Crippen LogP contribution in [-0.2, 0) is 4.79 Å². The SMILES string of the molecule is CC(Nc1scc2ccccc12)C(=O)O. The number of aliphatic carboxylic acids is 1. The minimum absolute atomic E-state index is 0.563. The second-order valence-corrected chi connectivity index (χ2v) is 4.24. The van der Waals surface area contributed by atoms with Gasteiger partial charge in [0.2, 0.25) is 0 Å². The van der Waals surface area contributed by atoms with Crippen molar-refractivity contribution in [2.24, 2.45) is 0 Å². The lowest BCUT2D eigenvalue weighted by molar-refractivity contribution is -0.137. The van der Waals surface area contributed by atoms with Crippen LogP contribution in [0, 0.1) is 0 Å². The van der Waals surface area contributed by atoms with Gasteiger partial charge < -0.3 is 10.4 Å². The molecular weight excluding hydrogens is 210 g/mol. The van der Waals surface area contributed by atoms with Gasteiger partial charge in [-0.1, -0.05) is 24.3 Å². The van der Waals surface area contributed by atoms with E-state index in [1.165, 1.54) is 11.3 Å². The normalized spacial score (nSPS) is 12.6. The highest BCUT2D eigenvalue weighted by atomic mass is 32.1. The zero-order valence-electron chi connectivity index (χ0n) is 8.23. The molecule has 0 aliphatic heterocycles. The predicted molar refractivity (Wildman–Crippen MR) is 62.5 cm³/mol. The van der Waals surface area contributed by atoms with Crippen LogP contribution in [0.5, 0.6) is 0 Å². The van der Waals surface area contributed by atoms with Gasteiger partial charge in [0.05, 0.1) is 5.00 Å². The zero-order chi connectivity index (χ0) is 10.8. The number of nitrogens with one attached hydrogen (secondary N) is 1. The van der Waals surface area contributed by atoms with Crippen LogP contribution in [0.1, 0.15) is 6.92 Å². The van der Waals surface area contributed by atoms with Crippen molar-refractivity contribution in [3.8, 4) is 0 Å². The molecule has 0 radical (unpaired) electrons. The fraction of sp³-hybridized carbons (Fsp3) is 0.182. The van der Waals surface area contributed by atoms with Gasteiger partial charge in [-0.25, -0.2) is 0 Å². The Bertz CT molecular complexity index is 492. The van der Waals surface area contributed by atoms with Gasteiger partial charge >= 0.3 is 5.97 Å². The Hall–Kier alpha value is -1.55. The van der Waals surface area contributed by atoms with Crippen molar-refractivity contribution >= 4 is 33.1 Å². The van der Waals surface area contributed by atoms with Crippen LogP contribution >= 0.6 is 11.3 Å². The van der Waals surface area contributed by atoms with Crippen LogP contribution in [0.4, 0.5) is 5.00 Å². The second-order valence-electron chi connectivity index (χ2n) is 3.36. The van der Waals surface area contributed by atoms with Crippen molar-refractivity contribution < 1.29 is 9.90 Å². The van der Waals surface area contributed by atoms with Crippen LogP contribution in [0.25, 0.3) is 10.8 Å². The number of thiophene rings is 1. The Morgan fingerprint density at radius 3 is 2.93 bits per heavy atom. The van der Waals surface area contributed by atoms with E-state index in [2.05, 4.69) is 5.32 Å². The Morgan fingerprint density at radius 1 is 1.47 bits per heavy atom. The summed E-state index contributed by atoms with van der Waals surface area (Å²) in [5, 5.41) is 16.9. The van der Waals surface area contributed by atoms with Crippen molar-refractivity contribution in [3.63, 3.8) is 0 Å². The van der Waals surface area contributed by atoms with Crippen molar-refractivity contribution in [2.45, 2.75) is 13.0 Å². The standard InChI is InChI=1S/C11H11NO2S/c1-7(11(13)14)12-10-9-5-3-2-4-8(9)6-15-10/h2-7,12H,1H3,(H,13,14). The summed E-state index contributed by atoms with van der Waals surface area (Å²) < 4.78 is 0. The first-order chi connectivity index (χ1) is 7.18. The molecule has 0 fully saturated rings. The van der Waals surface area contributed by atoms with E-state index in [0.29, 0.717) is 0 Å². The summed E-state index contributed by atoms with van der Waals surface area (Å²) in [4.78, 5) is 10.7. The Labute approximate surface area is 91.4 Å². The van der Waals surface area contributed by atoms with Gasteiger partial charge in [-0.15, -0.1) is 11.3 Å². The molecule has 0 saturated carbocycles. The minimum atomic E-state index is -0.840. The fourth-order valence-electron chi connectivity index (χ4n) is 1.36. The molecule has 0 amide bonds. The topological polar surface area (TPSA) is 49.3 Å². The lowest BCUT2D eigenvalue weighted by Crippen LogP contribution is -2.24. The smallest absolute Gasteiger partial charge is 0.325 e. The molecular formula is C11H11NO2S. The van der Waals surface area contributed by atoms with Gasteiger partial charge in [-0.2, -0.15) is 0 Å². The van der Waals surface area contributed by atoms with E-state index in [4.69, 9.17) is 5.11 Å². The molecule has 0 aliphatic carbocycles. The summed E-state index contributed by atoms with van der Waals surface area (Å²) in [5.74, 6) is -0.840. The number of fused-ring (bicyclic) bond motifs is 1. The average molecular weight is 221 g/mol. The molecule has 0 spiro atoms. The highest BCUT2D eigenvalue weighted by Gasteiger charge is 2.12. The number of hydrogen-bond donors (Lipinski definition) is 2. The minimum Gasteiger partial charge on any atom is -0.480 e. The Kier molecular flexibility index (Phi) is 2.60. The maximum atomic E-state index is 10.7. The van der Waals surface area contributed by atoms with Crippen LogP contribution in [-0.4, -0.2) is 17.1 Å². The van der Waals surface area contributed by atoms with E-state index >= 15 is 0 Å². The number of rotatable bonds is 3. The molecule has 4 heteroatoms. The second kappa shape index (κ2) is 3.90. The van der Waals surface area contributed by atoms with Gasteiger partial charge in [0, 0.05) is 10.8 Å². The number of carboxylic acid groups (broad SMARTS) is 1. The van der Waals surface area contributed by atoms with Crippen LogP contribution < -0.4 is 5.32 Å². The highest BCUT2D eigenvalue weighted by molar-refractivity contribution is 7.16. The van der Waals surface area contributed by atoms with Crippen LogP contribution in [0.2, 0.25) is 0 Å². The molecule has 1 aromatic carbocycles.